The van der Waals surface area contributed by atoms with Crippen LogP contribution in [0.1, 0.15) is 26.7 Å². The summed E-state index contributed by atoms with van der Waals surface area (Å²) in [5, 5.41) is 16.4. The molecule has 0 saturated carbocycles. The van der Waals surface area contributed by atoms with Crippen molar-refractivity contribution in [2.75, 3.05) is 17.8 Å². The van der Waals surface area contributed by atoms with E-state index in [0.717, 1.165) is 0 Å². The Balaban J connectivity index is 5.30. The van der Waals surface area contributed by atoms with Gasteiger partial charge >= 0.3 is 5.97 Å². The fourth-order valence-electron chi connectivity index (χ4n) is 2.33. The molecular weight excluding hydrogens is 434 g/mol. The molecule has 30 heavy (non-hydrogen) atoms. The summed E-state index contributed by atoms with van der Waals surface area (Å²) in [6.07, 6.45) is 1.70. The van der Waals surface area contributed by atoms with Crippen LogP contribution in [0.2, 0.25) is 0 Å². The van der Waals surface area contributed by atoms with Crippen LogP contribution < -0.4 is 27.4 Å². The molecule has 0 aromatic heterocycles. The second-order valence-corrected chi connectivity index (χ2v) is 8.28. The predicted octanol–water partition coefficient (Wildman–Crippen LogP) is -1.93. The molecule has 0 radical (unpaired) electrons. The average Bonchev–Trinajstić information content (AvgIpc) is 2.65. The summed E-state index contributed by atoms with van der Waals surface area (Å²) < 4.78 is 0. The topological polar surface area (TPSA) is 194 Å². The third-order valence-electron chi connectivity index (χ3n) is 4.05. The summed E-state index contributed by atoms with van der Waals surface area (Å²) in [4.78, 5) is 59.5. The van der Waals surface area contributed by atoms with Gasteiger partial charge in [0.2, 0.25) is 23.6 Å². The Morgan fingerprint density at radius 2 is 1.57 bits per heavy atom. The highest BCUT2D eigenvalue weighted by atomic mass is 32.2. The molecule has 172 valence electrons. The van der Waals surface area contributed by atoms with Crippen molar-refractivity contribution in [3.8, 4) is 0 Å². The fraction of sp³-hybridized carbons (Fsp3) is 0.706. The molecule has 4 unspecified atom stereocenters. The van der Waals surface area contributed by atoms with Crippen LogP contribution in [0.5, 0.6) is 0 Å². The van der Waals surface area contributed by atoms with E-state index < -0.39 is 53.8 Å². The molecule has 0 aliphatic rings. The molecule has 11 nitrogen and oxygen atoms in total. The van der Waals surface area contributed by atoms with Gasteiger partial charge in [0.25, 0.3) is 0 Å². The standard InChI is InChI=1S/C17H31N5O6S2/c1-8(2)13(16(26)21-11(7-29)17(27)28)22-15(25)10(4-5-30-3)20-14(24)9(18)6-12(19)23/h8-11,13,29H,4-7,18H2,1-3H3,(H2,19,23)(H,20,24)(H,21,26)(H,22,25)(H,27,28). The Kier molecular flexibility index (Phi) is 13.2. The smallest absolute Gasteiger partial charge is 0.327 e. The number of hydrogen-bond acceptors (Lipinski definition) is 8. The summed E-state index contributed by atoms with van der Waals surface area (Å²) in [6.45, 7) is 3.36. The zero-order valence-electron chi connectivity index (χ0n) is 17.2. The van der Waals surface area contributed by atoms with Gasteiger partial charge in [0.05, 0.1) is 12.5 Å². The van der Waals surface area contributed by atoms with E-state index in [4.69, 9.17) is 16.6 Å². The van der Waals surface area contributed by atoms with Crippen molar-refractivity contribution >= 4 is 54.0 Å². The Morgan fingerprint density at radius 3 is 2.00 bits per heavy atom. The quantitative estimate of drug-likeness (QED) is 0.144. The van der Waals surface area contributed by atoms with E-state index in [9.17, 15) is 24.0 Å². The molecule has 0 heterocycles. The number of carbonyl (C=O) groups is 5. The average molecular weight is 466 g/mol. The van der Waals surface area contributed by atoms with Crippen molar-refractivity contribution < 1.29 is 29.1 Å². The molecule has 0 saturated heterocycles. The van der Waals surface area contributed by atoms with Crippen molar-refractivity contribution in [3.63, 3.8) is 0 Å². The second-order valence-electron chi connectivity index (χ2n) is 6.93. The third-order valence-corrected chi connectivity index (χ3v) is 5.05. The number of primary amides is 1. The van der Waals surface area contributed by atoms with Crippen molar-refractivity contribution in [3.05, 3.63) is 0 Å². The zero-order valence-corrected chi connectivity index (χ0v) is 18.9. The number of carbonyl (C=O) groups excluding carboxylic acids is 4. The van der Waals surface area contributed by atoms with Gasteiger partial charge < -0.3 is 32.5 Å². The SMILES string of the molecule is CSCCC(NC(=O)C(N)CC(N)=O)C(=O)NC(C(=O)NC(CS)C(=O)O)C(C)C. The van der Waals surface area contributed by atoms with Gasteiger partial charge in [0.1, 0.15) is 18.1 Å². The van der Waals surface area contributed by atoms with Crippen LogP contribution in [0.4, 0.5) is 0 Å². The molecule has 0 rings (SSSR count). The number of carboxylic acids is 1. The first-order valence-corrected chi connectivity index (χ1v) is 11.2. The lowest BCUT2D eigenvalue weighted by molar-refractivity contribution is -0.142. The van der Waals surface area contributed by atoms with Crippen LogP contribution in [0.3, 0.4) is 0 Å². The molecular formula is C17H31N5O6S2. The molecule has 0 aromatic rings. The van der Waals surface area contributed by atoms with E-state index in [1.54, 1.807) is 13.8 Å². The van der Waals surface area contributed by atoms with E-state index in [1.807, 2.05) is 6.26 Å². The van der Waals surface area contributed by atoms with Gasteiger partial charge in [-0.25, -0.2) is 4.79 Å². The van der Waals surface area contributed by atoms with E-state index in [1.165, 1.54) is 11.8 Å². The van der Waals surface area contributed by atoms with E-state index >= 15 is 0 Å². The minimum absolute atomic E-state index is 0.121. The summed E-state index contributed by atoms with van der Waals surface area (Å²) in [5.41, 5.74) is 10.6. The first-order valence-electron chi connectivity index (χ1n) is 9.22. The molecule has 0 aromatic carbocycles. The van der Waals surface area contributed by atoms with Crippen molar-refractivity contribution in [1.82, 2.24) is 16.0 Å². The Bertz CT molecular complexity index is 634. The number of amides is 4. The maximum atomic E-state index is 12.8. The fourth-order valence-corrected chi connectivity index (χ4v) is 3.05. The van der Waals surface area contributed by atoms with Crippen LogP contribution in [0.25, 0.3) is 0 Å². The normalized spacial score (nSPS) is 14.9. The molecule has 8 N–H and O–H groups in total. The molecule has 4 amide bonds. The van der Waals surface area contributed by atoms with Crippen LogP contribution in [-0.4, -0.2) is 76.6 Å². The van der Waals surface area contributed by atoms with E-state index in [2.05, 4.69) is 28.6 Å². The molecule has 0 bridgehead atoms. The number of rotatable bonds is 14. The first kappa shape index (κ1) is 28.0. The summed E-state index contributed by atoms with van der Waals surface area (Å²) in [5.74, 6) is -3.99. The largest absolute Gasteiger partial charge is 0.480 e. The molecule has 0 aliphatic carbocycles. The molecule has 0 fully saturated rings. The first-order chi connectivity index (χ1) is 13.9. The van der Waals surface area contributed by atoms with Gasteiger partial charge in [-0.15, -0.1) is 0 Å². The summed E-state index contributed by atoms with van der Waals surface area (Å²) in [7, 11) is 0. The summed E-state index contributed by atoms with van der Waals surface area (Å²) >= 11 is 5.34. The van der Waals surface area contributed by atoms with Gasteiger partial charge in [0, 0.05) is 5.75 Å². The molecule has 0 spiro atoms. The predicted molar refractivity (Wildman–Crippen MR) is 117 cm³/mol. The number of carboxylic acid groups (broad SMARTS) is 1. The zero-order chi connectivity index (χ0) is 23.4. The number of nitrogens with two attached hydrogens (primary N) is 2. The number of thioether (sulfide) groups is 1. The minimum atomic E-state index is -1.25. The van der Waals surface area contributed by atoms with Gasteiger partial charge in [0.15, 0.2) is 0 Å². The van der Waals surface area contributed by atoms with Crippen LogP contribution in [0, 0.1) is 5.92 Å². The highest BCUT2D eigenvalue weighted by Gasteiger charge is 2.31. The Hall–Kier alpha value is -1.99. The van der Waals surface area contributed by atoms with Crippen LogP contribution >= 0.6 is 24.4 Å². The lowest BCUT2D eigenvalue weighted by Crippen LogP contribution is -2.58. The van der Waals surface area contributed by atoms with E-state index in [0.29, 0.717) is 5.75 Å². The maximum Gasteiger partial charge on any atom is 0.327 e. The van der Waals surface area contributed by atoms with Crippen molar-refractivity contribution in [1.29, 1.82) is 0 Å². The number of thiol groups is 1. The second kappa shape index (κ2) is 14.1. The summed E-state index contributed by atoms with van der Waals surface area (Å²) in [6, 6.07) is -4.45. The monoisotopic (exact) mass is 465 g/mol. The molecule has 4 atom stereocenters. The number of hydrogen-bond donors (Lipinski definition) is 7. The maximum absolute atomic E-state index is 12.8. The molecule has 13 heteroatoms. The third kappa shape index (κ3) is 10.2. The van der Waals surface area contributed by atoms with Crippen molar-refractivity contribution in [2.24, 2.45) is 17.4 Å². The highest BCUT2D eigenvalue weighted by Crippen LogP contribution is 2.07. The van der Waals surface area contributed by atoms with Gasteiger partial charge in [-0.05, 0) is 24.3 Å². The van der Waals surface area contributed by atoms with Gasteiger partial charge in [-0.2, -0.15) is 24.4 Å². The minimum Gasteiger partial charge on any atom is -0.480 e. The number of aliphatic carboxylic acids is 1. The van der Waals surface area contributed by atoms with Gasteiger partial charge in [-0.3, -0.25) is 19.2 Å². The Labute approximate surface area is 185 Å². The number of nitrogens with one attached hydrogen (secondary N) is 3. The molecule has 0 aliphatic heterocycles. The van der Waals surface area contributed by atoms with Crippen LogP contribution in [0.15, 0.2) is 0 Å². The Morgan fingerprint density at radius 1 is 1.00 bits per heavy atom. The van der Waals surface area contributed by atoms with Crippen molar-refractivity contribution in [2.45, 2.75) is 50.9 Å². The lowest BCUT2D eigenvalue weighted by Gasteiger charge is -2.26. The highest BCUT2D eigenvalue weighted by molar-refractivity contribution is 7.98. The van der Waals surface area contributed by atoms with E-state index in [-0.39, 0.29) is 24.5 Å². The van der Waals surface area contributed by atoms with Gasteiger partial charge in [-0.1, -0.05) is 13.8 Å². The lowest BCUT2D eigenvalue weighted by atomic mass is 10.0. The van der Waals surface area contributed by atoms with Crippen LogP contribution in [-0.2, 0) is 24.0 Å².